The number of halogens is 2. The quantitative estimate of drug-likeness (QED) is 0.207. The second-order valence-corrected chi connectivity index (χ2v) is 11.6. The van der Waals surface area contributed by atoms with E-state index < -0.39 is 55.5 Å². The van der Waals surface area contributed by atoms with Gasteiger partial charge >= 0.3 is 6.03 Å². The molecule has 202 valence electrons. The van der Waals surface area contributed by atoms with Crippen molar-refractivity contribution in [3.8, 4) is 0 Å². The van der Waals surface area contributed by atoms with E-state index in [0.717, 1.165) is 22.2 Å². The molecule has 1 fully saturated rings. The Morgan fingerprint density at radius 2 is 1.74 bits per heavy atom. The monoisotopic (exact) mass is 634 g/mol. The van der Waals surface area contributed by atoms with Crippen molar-refractivity contribution in [3.63, 3.8) is 0 Å². The molecule has 1 heterocycles. The Balaban J connectivity index is 1.63. The number of hydrogen-bond donors (Lipinski definition) is 2. The standard InChI is InChI=1S/C25H20BrClN4O7S/c26-17-8-6-16(7-9-17)12-20-24(33)30(25(34)28-20)22(13-15-4-2-1-3-5-15)23(32)29-39(37,38)18-10-11-19(27)21(14-18)31(35)36/h1-11,14,20,22H,12-13H2,(H,28,34)(H,29,32)/t20-,22-/m0/s1. The Morgan fingerprint density at radius 1 is 1.08 bits per heavy atom. The molecule has 1 saturated heterocycles. The third kappa shape index (κ3) is 6.44. The topological polar surface area (TPSA) is 156 Å². The van der Waals surface area contributed by atoms with Crippen LogP contribution in [0.25, 0.3) is 0 Å². The van der Waals surface area contributed by atoms with Gasteiger partial charge in [-0.25, -0.2) is 22.8 Å². The van der Waals surface area contributed by atoms with E-state index in [9.17, 15) is 32.9 Å². The third-order valence-electron chi connectivity index (χ3n) is 5.95. The molecule has 0 spiro atoms. The minimum atomic E-state index is -4.64. The minimum absolute atomic E-state index is 0.154. The lowest BCUT2D eigenvalue weighted by Crippen LogP contribution is -2.52. The number of hydrogen-bond acceptors (Lipinski definition) is 7. The summed E-state index contributed by atoms with van der Waals surface area (Å²) in [5, 5.41) is 13.5. The van der Waals surface area contributed by atoms with Crippen LogP contribution in [0.1, 0.15) is 11.1 Å². The van der Waals surface area contributed by atoms with Crippen molar-refractivity contribution in [1.82, 2.24) is 14.9 Å². The Bertz CT molecular complexity index is 1550. The van der Waals surface area contributed by atoms with Gasteiger partial charge in [0, 0.05) is 23.4 Å². The number of urea groups is 1. The first kappa shape index (κ1) is 28.2. The van der Waals surface area contributed by atoms with Crippen LogP contribution in [0.3, 0.4) is 0 Å². The van der Waals surface area contributed by atoms with Crippen LogP contribution in [-0.2, 0) is 32.5 Å². The van der Waals surface area contributed by atoms with Gasteiger partial charge in [-0.15, -0.1) is 0 Å². The summed E-state index contributed by atoms with van der Waals surface area (Å²) in [5.41, 5.74) is 0.654. The summed E-state index contributed by atoms with van der Waals surface area (Å²) in [4.78, 5) is 50.1. The first-order valence-corrected chi connectivity index (χ1v) is 14.0. The second kappa shape index (κ2) is 11.5. The normalized spacial score (nSPS) is 16.1. The van der Waals surface area contributed by atoms with Gasteiger partial charge in [0.25, 0.3) is 27.5 Å². The SMILES string of the molecule is O=C(NS(=O)(=O)c1ccc(Cl)c([N+](=O)[O-])c1)[C@H](Cc1ccccc1)N1C(=O)N[C@@H](Cc2ccc(Br)cc2)C1=O. The number of nitrogens with one attached hydrogen (secondary N) is 2. The molecule has 4 rings (SSSR count). The highest BCUT2D eigenvalue weighted by atomic mass is 79.9. The maximum absolute atomic E-state index is 13.4. The molecule has 2 N–H and O–H groups in total. The number of amides is 4. The van der Waals surface area contributed by atoms with E-state index in [2.05, 4.69) is 21.2 Å². The zero-order valence-corrected chi connectivity index (χ0v) is 23.1. The summed E-state index contributed by atoms with van der Waals surface area (Å²) in [5.74, 6) is -1.86. The summed E-state index contributed by atoms with van der Waals surface area (Å²) < 4.78 is 28.7. The van der Waals surface area contributed by atoms with Crippen molar-refractivity contribution in [1.29, 1.82) is 0 Å². The molecule has 11 nitrogen and oxygen atoms in total. The van der Waals surface area contributed by atoms with E-state index >= 15 is 0 Å². The molecular formula is C25H20BrClN4O7S. The summed E-state index contributed by atoms with van der Waals surface area (Å²) >= 11 is 9.10. The summed E-state index contributed by atoms with van der Waals surface area (Å²) in [6.45, 7) is 0. The van der Waals surface area contributed by atoms with Crippen molar-refractivity contribution in [2.75, 3.05) is 0 Å². The average molecular weight is 636 g/mol. The van der Waals surface area contributed by atoms with Gasteiger partial charge in [-0.3, -0.25) is 19.7 Å². The maximum atomic E-state index is 13.4. The van der Waals surface area contributed by atoms with Gasteiger partial charge in [-0.2, -0.15) is 0 Å². The summed E-state index contributed by atoms with van der Waals surface area (Å²) in [6.07, 6.45) is -0.0199. The second-order valence-electron chi connectivity index (χ2n) is 8.59. The molecule has 1 aliphatic heterocycles. The van der Waals surface area contributed by atoms with Crippen molar-refractivity contribution in [2.45, 2.75) is 29.8 Å². The lowest BCUT2D eigenvalue weighted by molar-refractivity contribution is -0.384. The predicted molar refractivity (Wildman–Crippen MR) is 144 cm³/mol. The molecule has 39 heavy (non-hydrogen) atoms. The van der Waals surface area contributed by atoms with Crippen LogP contribution in [0, 0.1) is 10.1 Å². The molecule has 0 saturated carbocycles. The molecule has 3 aromatic rings. The number of nitrogens with zero attached hydrogens (tertiary/aromatic N) is 2. The van der Waals surface area contributed by atoms with Crippen LogP contribution in [0.4, 0.5) is 10.5 Å². The van der Waals surface area contributed by atoms with E-state index in [0.29, 0.717) is 16.5 Å². The van der Waals surface area contributed by atoms with Gasteiger partial charge in [0.2, 0.25) is 0 Å². The molecule has 14 heteroatoms. The fourth-order valence-corrected chi connectivity index (χ4v) is 5.52. The predicted octanol–water partition coefficient (Wildman–Crippen LogP) is 3.59. The maximum Gasteiger partial charge on any atom is 0.325 e. The summed E-state index contributed by atoms with van der Waals surface area (Å²) in [6, 6.07) is 14.9. The minimum Gasteiger partial charge on any atom is -0.325 e. The lowest BCUT2D eigenvalue weighted by Gasteiger charge is -2.24. The number of carbonyl (C=O) groups excluding carboxylic acids is 3. The molecule has 2 atom stereocenters. The number of carbonyl (C=O) groups is 3. The van der Waals surface area contributed by atoms with Crippen molar-refractivity contribution in [2.24, 2.45) is 0 Å². The smallest absolute Gasteiger partial charge is 0.325 e. The highest BCUT2D eigenvalue weighted by molar-refractivity contribution is 9.10. The molecule has 1 aliphatic rings. The van der Waals surface area contributed by atoms with Gasteiger partial charge in [0.1, 0.15) is 17.1 Å². The Hall–Kier alpha value is -3.81. The highest BCUT2D eigenvalue weighted by Crippen LogP contribution is 2.27. The van der Waals surface area contributed by atoms with Gasteiger partial charge < -0.3 is 5.32 Å². The zero-order valence-electron chi connectivity index (χ0n) is 19.9. The van der Waals surface area contributed by atoms with Crippen LogP contribution >= 0.6 is 27.5 Å². The van der Waals surface area contributed by atoms with Crippen molar-refractivity contribution in [3.05, 3.63) is 104 Å². The van der Waals surface area contributed by atoms with Crippen molar-refractivity contribution < 1.29 is 27.7 Å². The van der Waals surface area contributed by atoms with Gasteiger partial charge in [-0.1, -0.05) is 70.0 Å². The van der Waals surface area contributed by atoms with E-state index in [1.807, 2.05) is 4.72 Å². The first-order valence-electron chi connectivity index (χ1n) is 11.4. The fourth-order valence-electron chi connectivity index (χ4n) is 4.04. The van der Waals surface area contributed by atoms with E-state index in [-0.39, 0.29) is 17.9 Å². The van der Waals surface area contributed by atoms with E-state index in [1.54, 1.807) is 54.6 Å². The van der Waals surface area contributed by atoms with Crippen LogP contribution in [0.15, 0.2) is 82.2 Å². The molecule has 0 unspecified atom stereocenters. The number of nitro groups is 1. The summed E-state index contributed by atoms with van der Waals surface area (Å²) in [7, 11) is -4.64. The lowest BCUT2D eigenvalue weighted by atomic mass is 10.0. The number of imide groups is 1. The fraction of sp³-hybridized carbons (Fsp3) is 0.160. The third-order valence-corrected chi connectivity index (χ3v) is 8.14. The number of rotatable bonds is 9. The number of nitro benzene ring substituents is 1. The molecular weight excluding hydrogens is 616 g/mol. The largest absolute Gasteiger partial charge is 0.325 e. The molecule has 0 aliphatic carbocycles. The van der Waals surface area contributed by atoms with Crippen LogP contribution in [-0.4, -0.2) is 48.2 Å². The molecule has 3 aromatic carbocycles. The van der Waals surface area contributed by atoms with E-state index in [1.165, 1.54) is 0 Å². The van der Waals surface area contributed by atoms with Crippen LogP contribution in [0.5, 0.6) is 0 Å². The molecule has 4 amide bonds. The Morgan fingerprint density at radius 3 is 2.38 bits per heavy atom. The Labute approximate surface area is 236 Å². The van der Waals surface area contributed by atoms with Gasteiger partial charge in [0.15, 0.2) is 0 Å². The molecule has 0 radical (unpaired) electrons. The molecule has 0 aromatic heterocycles. The van der Waals surface area contributed by atoms with Gasteiger partial charge in [-0.05, 0) is 35.4 Å². The average Bonchev–Trinajstić information content (AvgIpc) is 3.16. The van der Waals surface area contributed by atoms with Crippen molar-refractivity contribution >= 4 is 61.1 Å². The first-order chi connectivity index (χ1) is 18.5. The van der Waals surface area contributed by atoms with Crippen LogP contribution in [0.2, 0.25) is 5.02 Å². The van der Waals surface area contributed by atoms with Crippen LogP contribution < -0.4 is 10.0 Å². The highest BCUT2D eigenvalue weighted by Gasteiger charge is 2.45. The Kier molecular flexibility index (Phi) is 8.33. The van der Waals surface area contributed by atoms with E-state index in [4.69, 9.17) is 11.6 Å². The van der Waals surface area contributed by atoms with Gasteiger partial charge in [0.05, 0.1) is 9.82 Å². The molecule has 0 bridgehead atoms. The number of sulfonamides is 1. The zero-order chi connectivity index (χ0) is 28.3. The number of benzene rings is 3.